The normalized spacial score (nSPS) is 11.0. The summed E-state index contributed by atoms with van der Waals surface area (Å²) < 4.78 is 1.00. The van der Waals surface area contributed by atoms with Crippen LogP contribution in [-0.2, 0) is 6.42 Å². The number of aryl methyl sites for hydroxylation is 1. The third-order valence-electron chi connectivity index (χ3n) is 3.13. The molecule has 3 rings (SSSR count). The molecule has 0 saturated carbocycles. The zero-order chi connectivity index (χ0) is 14.8. The van der Waals surface area contributed by atoms with Gasteiger partial charge in [-0.25, -0.2) is 0 Å². The van der Waals surface area contributed by atoms with E-state index in [1.165, 1.54) is 11.3 Å². The van der Waals surface area contributed by atoms with E-state index in [9.17, 15) is 4.79 Å². The van der Waals surface area contributed by atoms with Gasteiger partial charge >= 0.3 is 0 Å². The first-order valence-electron chi connectivity index (χ1n) is 6.71. The average Bonchev–Trinajstić information content (AvgIpc) is 3.05. The molecular weight excluding hydrogens is 306 g/mol. The maximum Gasteiger partial charge on any atom is 0.268 e. The van der Waals surface area contributed by atoms with Crippen LogP contribution in [0.4, 0.5) is 5.82 Å². The van der Waals surface area contributed by atoms with Crippen molar-refractivity contribution in [1.29, 1.82) is 0 Å². The summed E-state index contributed by atoms with van der Waals surface area (Å²) in [5, 5.41) is 11.2. The highest BCUT2D eigenvalue weighted by atomic mass is 35.5. The van der Waals surface area contributed by atoms with Gasteiger partial charge in [0.2, 0.25) is 0 Å². The number of hydrogen-bond donors (Lipinski definition) is 2. The number of fused-ring (bicyclic) bond motifs is 1. The molecule has 0 unspecified atom stereocenters. The van der Waals surface area contributed by atoms with Crippen molar-refractivity contribution in [2.24, 2.45) is 0 Å². The van der Waals surface area contributed by atoms with Gasteiger partial charge in [-0.15, -0.1) is 11.3 Å². The molecule has 0 aliphatic carbocycles. The van der Waals surface area contributed by atoms with E-state index in [2.05, 4.69) is 22.4 Å². The van der Waals surface area contributed by atoms with Gasteiger partial charge in [0.1, 0.15) is 4.88 Å². The maximum atomic E-state index is 12.3. The van der Waals surface area contributed by atoms with Crippen molar-refractivity contribution in [2.75, 3.05) is 5.32 Å². The Morgan fingerprint density at radius 2 is 2.24 bits per heavy atom. The highest BCUT2D eigenvalue weighted by Gasteiger charge is 2.17. The van der Waals surface area contributed by atoms with E-state index in [1.54, 1.807) is 0 Å². The molecule has 0 bridgehead atoms. The predicted molar refractivity (Wildman–Crippen MR) is 87.4 cm³/mol. The van der Waals surface area contributed by atoms with E-state index in [0.29, 0.717) is 15.7 Å². The molecule has 2 N–H and O–H groups in total. The highest BCUT2D eigenvalue weighted by molar-refractivity contribution is 7.21. The Hall–Kier alpha value is -1.85. The van der Waals surface area contributed by atoms with Crippen LogP contribution in [0.25, 0.3) is 10.1 Å². The fraction of sp³-hybridized carbons (Fsp3) is 0.200. The molecule has 3 aromatic rings. The highest BCUT2D eigenvalue weighted by Crippen LogP contribution is 2.35. The summed E-state index contributed by atoms with van der Waals surface area (Å²) >= 11 is 7.68. The van der Waals surface area contributed by atoms with E-state index in [0.717, 1.165) is 28.6 Å². The van der Waals surface area contributed by atoms with Crippen LogP contribution in [0.2, 0.25) is 5.02 Å². The number of aromatic nitrogens is 2. The predicted octanol–water partition coefficient (Wildman–Crippen LogP) is 4.48. The SMILES string of the molecule is CCCc1cc(NC(=O)c2sc3ccccc3c2Cl)n[nH]1. The molecule has 2 heterocycles. The number of nitrogens with one attached hydrogen (secondary N) is 2. The first kappa shape index (κ1) is 14.1. The number of anilines is 1. The van der Waals surface area contributed by atoms with Gasteiger partial charge in [0.15, 0.2) is 5.82 Å². The van der Waals surface area contributed by atoms with Crippen LogP contribution < -0.4 is 5.32 Å². The molecule has 2 aromatic heterocycles. The Balaban J connectivity index is 1.84. The Labute approximate surface area is 131 Å². The number of carbonyl (C=O) groups is 1. The monoisotopic (exact) mass is 319 g/mol. The summed E-state index contributed by atoms with van der Waals surface area (Å²) in [5.41, 5.74) is 1.01. The number of hydrogen-bond acceptors (Lipinski definition) is 3. The topological polar surface area (TPSA) is 57.8 Å². The number of nitrogens with zero attached hydrogens (tertiary/aromatic N) is 1. The maximum absolute atomic E-state index is 12.3. The van der Waals surface area contributed by atoms with Gasteiger partial charge in [-0.1, -0.05) is 43.1 Å². The largest absolute Gasteiger partial charge is 0.304 e. The van der Waals surface area contributed by atoms with Gasteiger partial charge in [0, 0.05) is 21.8 Å². The third-order valence-corrected chi connectivity index (χ3v) is 4.81. The number of H-pyrrole nitrogens is 1. The molecule has 0 aliphatic rings. The lowest BCUT2D eigenvalue weighted by molar-refractivity contribution is 0.103. The van der Waals surface area contributed by atoms with Gasteiger partial charge in [0.05, 0.1) is 5.02 Å². The molecule has 0 fully saturated rings. The van der Waals surface area contributed by atoms with E-state index in [-0.39, 0.29) is 5.91 Å². The summed E-state index contributed by atoms with van der Waals surface area (Å²) in [7, 11) is 0. The second-order valence-electron chi connectivity index (χ2n) is 4.72. The Bertz CT molecular complexity index is 793. The molecule has 0 radical (unpaired) electrons. The minimum absolute atomic E-state index is 0.226. The molecule has 0 atom stereocenters. The van der Waals surface area contributed by atoms with Crippen molar-refractivity contribution in [2.45, 2.75) is 19.8 Å². The van der Waals surface area contributed by atoms with Crippen LogP contribution >= 0.6 is 22.9 Å². The Kier molecular flexibility index (Phi) is 3.94. The molecule has 6 heteroatoms. The van der Waals surface area contributed by atoms with Gasteiger partial charge < -0.3 is 5.32 Å². The molecule has 0 spiro atoms. The lowest BCUT2D eigenvalue weighted by Crippen LogP contribution is -2.10. The molecule has 4 nitrogen and oxygen atoms in total. The van der Waals surface area contributed by atoms with Crippen molar-refractivity contribution < 1.29 is 4.79 Å². The van der Waals surface area contributed by atoms with Crippen LogP contribution in [0.1, 0.15) is 28.7 Å². The van der Waals surface area contributed by atoms with E-state index < -0.39 is 0 Å². The molecule has 0 saturated heterocycles. The molecule has 21 heavy (non-hydrogen) atoms. The Morgan fingerprint density at radius 3 is 3.00 bits per heavy atom. The van der Waals surface area contributed by atoms with Gasteiger partial charge in [-0.2, -0.15) is 5.10 Å². The van der Waals surface area contributed by atoms with E-state index >= 15 is 0 Å². The summed E-state index contributed by atoms with van der Waals surface area (Å²) in [6, 6.07) is 9.56. The van der Waals surface area contributed by atoms with Crippen molar-refractivity contribution >= 4 is 44.7 Å². The van der Waals surface area contributed by atoms with Crippen LogP contribution in [0, 0.1) is 0 Å². The molecular formula is C15H14ClN3OS. The number of halogens is 1. The number of aromatic amines is 1. The van der Waals surface area contributed by atoms with Gasteiger partial charge in [-0.3, -0.25) is 9.89 Å². The first-order chi connectivity index (χ1) is 10.2. The standard InChI is InChI=1S/C15H14ClN3OS/c1-2-5-9-8-12(19-18-9)17-15(20)14-13(16)10-6-3-4-7-11(10)21-14/h3-4,6-8H,2,5H2,1H3,(H2,17,18,19,20). The number of thiophene rings is 1. The number of amides is 1. The van der Waals surface area contributed by atoms with Crippen LogP contribution in [0.3, 0.4) is 0 Å². The summed E-state index contributed by atoms with van der Waals surface area (Å²) in [5.74, 6) is 0.299. The third kappa shape index (κ3) is 2.80. The quantitative estimate of drug-likeness (QED) is 0.744. The van der Waals surface area contributed by atoms with Gasteiger partial charge in [0.25, 0.3) is 5.91 Å². The van der Waals surface area contributed by atoms with Crippen molar-refractivity contribution in [3.05, 3.63) is 45.9 Å². The molecule has 1 aromatic carbocycles. The van der Waals surface area contributed by atoms with E-state index in [1.807, 2.05) is 30.3 Å². The molecule has 0 aliphatic heterocycles. The van der Waals surface area contributed by atoms with Crippen LogP contribution in [-0.4, -0.2) is 16.1 Å². The average molecular weight is 320 g/mol. The minimum atomic E-state index is -0.226. The number of carbonyl (C=O) groups excluding carboxylic acids is 1. The summed E-state index contributed by atoms with van der Waals surface area (Å²) in [4.78, 5) is 12.8. The smallest absolute Gasteiger partial charge is 0.268 e. The first-order valence-corrected chi connectivity index (χ1v) is 7.91. The van der Waals surface area contributed by atoms with Crippen molar-refractivity contribution in [3.8, 4) is 0 Å². The zero-order valence-electron chi connectivity index (χ0n) is 11.4. The molecule has 1 amide bonds. The van der Waals surface area contributed by atoms with Crippen LogP contribution in [0.5, 0.6) is 0 Å². The van der Waals surface area contributed by atoms with Gasteiger partial charge in [-0.05, 0) is 12.5 Å². The number of rotatable bonds is 4. The zero-order valence-corrected chi connectivity index (χ0v) is 13.0. The fourth-order valence-electron chi connectivity index (χ4n) is 2.16. The summed E-state index contributed by atoms with van der Waals surface area (Å²) in [6.07, 6.45) is 1.93. The van der Waals surface area contributed by atoms with Crippen molar-refractivity contribution in [1.82, 2.24) is 10.2 Å². The lowest BCUT2D eigenvalue weighted by atomic mass is 10.2. The van der Waals surface area contributed by atoms with Crippen molar-refractivity contribution in [3.63, 3.8) is 0 Å². The van der Waals surface area contributed by atoms with Crippen LogP contribution in [0.15, 0.2) is 30.3 Å². The van der Waals surface area contributed by atoms with E-state index in [4.69, 9.17) is 11.6 Å². The Morgan fingerprint density at radius 1 is 1.43 bits per heavy atom. The second kappa shape index (κ2) is 5.87. The number of benzene rings is 1. The summed E-state index contributed by atoms with van der Waals surface area (Å²) in [6.45, 7) is 2.09. The molecule has 108 valence electrons. The lowest BCUT2D eigenvalue weighted by Gasteiger charge is -1.99. The fourth-order valence-corrected chi connectivity index (χ4v) is 3.57. The second-order valence-corrected chi connectivity index (χ2v) is 6.15. The minimum Gasteiger partial charge on any atom is -0.304 e.